The van der Waals surface area contributed by atoms with Crippen LogP contribution in [0.5, 0.6) is 5.75 Å². The van der Waals surface area contributed by atoms with Crippen molar-refractivity contribution in [2.75, 3.05) is 31.2 Å². The van der Waals surface area contributed by atoms with Gasteiger partial charge in [0.25, 0.3) is 5.91 Å². The van der Waals surface area contributed by atoms with Crippen LogP contribution in [0.3, 0.4) is 0 Å². The molecule has 0 bridgehead atoms. The normalized spacial score (nSPS) is 18.4. The van der Waals surface area contributed by atoms with Crippen LogP contribution in [-0.4, -0.2) is 38.3 Å². The van der Waals surface area contributed by atoms with E-state index >= 15 is 0 Å². The van der Waals surface area contributed by atoms with E-state index in [1.165, 1.54) is 0 Å². The van der Waals surface area contributed by atoms with Crippen molar-refractivity contribution < 1.29 is 14.3 Å². The topological polar surface area (TPSA) is 64.8 Å². The molecule has 0 aromatic heterocycles. The summed E-state index contributed by atoms with van der Waals surface area (Å²) in [5.74, 6) is 0.702. The average Bonchev–Trinajstić information content (AvgIpc) is 2.38. The molecule has 98 valence electrons. The molecule has 0 radical (unpaired) electrons. The van der Waals surface area contributed by atoms with Gasteiger partial charge in [-0.3, -0.25) is 4.79 Å². The summed E-state index contributed by atoms with van der Waals surface area (Å²) in [6.45, 7) is 3.75. The van der Waals surface area contributed by atoms with Crippen molar-refractivity contribution in [2.24, 2.45) is 5.73 Å². The minimum atomic E-state index is -0.450. The summed E-state index contributed by atoms with van der Waals surface area (Å²) in [6.07, 6.45) is -0.450. The summed E-state index contributed by atoms with van der Waals surface area (Å²) in [5.41, 5.74) is 6.15. The van der Waals surface area contributed by atoms with E-state index in [2.05, 4.69) is 0 Å². The Labute approximate surface area is 106 Å². The van der Waals surface area contributed by atoms with Crippen LogP contribution in [0, 0.1) is 0 Å². The molecule has 1 unspecified atom stereocenters. The monoisotopic (exact) mass is 250 g/mol. The Kier molecular flexibility index (Phi) is 4.17. The number of nitrogens with two attached hydrogens (primary N) is 1. The Bertz CT molecular complexity index is 422. The van der Waals surface area contributed by atoms with E-state index in [4.69, 9.17) is 15.2 Å². The number of fused-ring (bicyclic) bond motifs is 1. The Morgan fingerprint density at radius 3 is 2.94 bits per heavy atom. The fourth-order valence-electron chi connectivity index (χ4n) is 1.93. The highest BCUT2D eigenvalue weighted by Gasteiger charge is 2.30. The molecule has 0 saturated carbocycles. The second-order valence-corrected chi connectivity index (χ2v) is 4.12. The molecule has 0 spiro atoms. The summed E-state index contributed by atoms with van der Waals surface area (Å²) in [5, 5.41) is 0. The third-order valence-electron chi connectivity index (χ3n) is 2.80. The minimum Gasteiger partial charge on any atom is -0.479 e. The Morgan fingerprint density at radius 1 is 1.39 bits per heavy atom. The minimum absolute atomic E-state index is 0.0370. The summed E-state index contributed by atoms with van der Waals surface area (Å²) >= 11 is 0. The zero-order valence-corrected chi connectivity index (χ0v) is 10.5. The van der Waals surface area contributed by atoms with Crippen molar-refractivity contribution in [3.63, 3.8) is 0 Å². The van der Waals surface area contributed by atoms with E-state index in [0.717, 1.165) is 11.4 Å². The molecule has 1 aromatic carbocycles. The van der Waals surface area contributed by atoms with Gasteiger partial charge >= 0.3 is 0 Å². The van der Waals surface area contributed by atoms with Gasteiger partial charge in [-0.25, -0.2) is 0 Å². The molecule has 1 amide bonds. The van der Waals surface area contributed by atoms with E-state index in [9.17, 15) is 4.79 Å². The van der Waals surface area contributed by atoms with E-state index in [1.54, 1.807) is 11.8 Å². The van der Waals surface area contributed by atoms with Crippen LogP contribution < -0.4 is 15.4 Å². The molecule has 1 heterocycles. The highest BCUT2D eigenvalue weighted by molar-refractivity contribution is 5.99. The number of hydrogen-bond donors (Lipinski definition) is 1. The quantitative estimate of drug-likeness (QED) is 0.784. The lowest BCUT2D eigenvalue weighted by Gasteiger charge is -2.32. The molecule has 18 heavy (non-hydrogen) atoms. The predicted octanol–water partition coefficient (Wildman–Crippen LogP) is 0.776. The second kappa shape index (κ2) is 5.84. The molecule has 0 fully saturated rings. The van der Waals surface area contributed by atoms with Gasteiger partial charge < -0.3 is 20.1 Å². The van der Waals surface area contributed by atoms with Gasteiger partial charge in [-0.05, 0) is 19.1 Å². The number of ether oxygens (including phenoxy) is 2. The van der Waals surface area contributed by atoms with E-state index in [0.29, 0.717) is 26.3 Å². The standard InChI is InChI=1S/C13H18N2O3/c1-10-13(16)15(7-9-17-8-6-14)11-4-2-3-5-12(11)18-10/h2-5,10H,6-9,14H2,1H3. The summed E-state index contributed by atoms with van der Waals surface area (Å²) in [4.78, 5) is 13.8. The number of hydrogen-bond acceptors (Lipinski definition) is 4. The lowest BCUT2D eigenvalue weighted by molar-refractivity contribution is -0.125. The van der Waals surface area contributed by atoms with Gasteiger partial charge in [-0.2, -0.15) is 0 Å². The van der Waals surface area contributed by atoms with Crippen LogP contribution in [0.2, 0.25) is 0 Å². The fraction of sp³-hybridized carbons (Fsp3) is 0.462. The Balaban J connectivity index is 2.09. The molecule has 1 aliphatic rings. The summed E-state index contributed by atoms with van der Waals surface area (Å²) in [6, 6.07) is 7.53. The Hall–Kier alpha value is -1.59. The van der Waals surface area contributed by atoms with Crippen LogP contribution in [0.25, 0.3) is 0 Å². The van der Waals surface area contributed by atoms with Crippen LogP contribution in [0.1, 0.15) is 6.92 Å². The lowest BCUT2D eigenvalue weighted by Crippen LogP contribution is -2.45. The predicted molar refractivity (Wildman–Crippen MR) is 68.8 cm³/mol. The third-order valence-corrected chi connectivity index (χ3v) is 2.80. The molecule has 5 heteroatoms. The van der Waals surface area contributed by atoms with Gasteiger partial charge in [0.2, 0.25) is 0 Å². The number of anilines is 1. The maximum Gasteiger partial charge on any atom is 0.267 e. The third kappa shape index (κ3) is 2.63. The van der Waals surface area contributed by atoms with Gasteiger partial charge in [0.05, 0.1) is 18.9 Å². The molecule has 1 aliphatic heterocycles. The highest BCUT2D eigenvalue weighted by Crippen LogP contribution is 2.33. The van der Waals surface area contributed by atoms with Crippen molar-refractivity contribution >= 4 is 11.6 Å². The summed E-state index contributed by atoms with van der Waals surface area (Å²) < 4.78 is 10.9. The number of rotatable bonds is 5. The molecule has 2 rings (SSSR count). The molecule has 0 aliphatic carbocycles. The van der Waals surface area contributed by atoms with Gasteiger partial charge in [0.15, 0.2) is 6.10 Å². The smallest absolute Gasteiger partial charge is 0.267 e. The van der Waals surface area contributed by atoms with E-state index in [1.807, 2.05) is 24.3 Å². The zero-order chi connectivity index (χ0) is 13.0. The lowest BCUT2D eigenvalue weighted by atomic mass is 10.2. The Morgan fingerprint density at radius 2 is 2.17 bits per heavy atom. The maximum atomic E-state index is 12.1. The molecular weight excluding hydrogens is 232 g/mol. The first-order valence-corrected chi connectivity index (χ1v) is 6.09. The first kappa shape index (κ1) is 12.9. The molecule has 1 atom stereocenters. The van der Waals surface area contributed by atoms with E-state index < -0.39 is 6.10 Å². The molecule has 1 aromatic rings. The maximum absolute atomic E-state index is 12.1. The largest absolute Gasteiger partial charge is 0.479 e. The summed E-state index contributed by atoms with van der Waals surface area (Å²) in [7, 11) is 0. The van der Waals surface area contributed by atoms with Crippen LogP contribution in [-0.2, 0) is 9.53 Å². The second-order valence-electron chi connectivity index (χ2n) is 4.12. The molecule has 0 saturated heterocycles. The number of nitrogens with zero attached hydrogens (tertiary/aromatic N) is 1. The SMILES string of the molecule is CC1Oc2ccccc2N(CCOCCN)C1=O. The van der Waals surface area contributed by atoms with Gasteiger partial charge in [-0.15, -0.1) is 0 Å². The van der Waals surface area contributed by atoms with Crippen LogP contribution in [0.15, 0.2) is 24.3 Å². The van der Waals surface area contributed by atoms with Crippen molar-refractivity contribution in [3.8, 4) is 5.75 Å². The van der Waals surface area contributed by atoms with Crippen molar-refractivity contribution in [1.29, 1.82) is 0 Å². The van der Waals surface area contributed by atoms with Crippen LogP contribution >= 0.6 is 0 Å². The van der Waals surface area contributed by atoms with Crippen LogP contribution in [0.4, 0.5) is 5.69 Å². The fourth-order valence-corrected chi connectivity index (χ4v) is 1.93. The highest BCUT2D eigenvalue weighted by atomic mass is 16.5. The molecular formula is C13H18N2O3. The number of para-hydroxylation sites is 2. The average molecular weight is 250 g/mol. The molecule has 5 nitrogen and oxygen atoms in total. The number of carbonyl (C=O) groups is 1. The van der Waals surface area contributed by atoms with Crippen molar-refractivity contribution in [1.82, 2.24) is 0 Å². The first-order chi connectivity index (χ1) is 8.74. The van der Waals surface area contributed by atoms with E-state index in [-0.39, 0.29) is 5.91 Å². The van der Waals surface area contributed by atoms with Crippen molar-refractivity contribution in [2.45, 2.75) is 13.0 Å². The van der Waals surface area contributed by atoms with Gasteiger partial charge in [-0.1, -0.05) is 12.1 Å². The van der Waals surface area contributed by atoms with Gasteiger partial charge in [0.1, 0.15) is 5.75 Å². The molecule has 2 N–H and O–H groups in total. The number of carbonyl (C=O) groups excluding carboxylic acids is 1. The van der Waals surface area contributed by atoms with Crippen molar-refractivity contribution in [3.05, 3.63) is 24.3 Å². The number of benzene rings is 1. The number of amides is 1. The zero-order valence-electron chi connectivity index (χ0n) is 10.5. The first-order valence-electron chi connectivity index (χ1n) is 6.09. The van der Waals surface area contributed by atoms with Gasteiger partial charge in [0, 0.05) is 13.1 Å².